The van der Waals surface area contributed by atoms with Gasteiger partial charge in [-0.1, -0.05) is 11.6 Å². The van der Waals surface area contributed by atoms with Crippen LogP contribution < -0.4 is 5.73 Å². The maximum absolute atomic E-state index is 12.5. The number of carbonyl (C=O) groups is 1. The highest BCUT2D eigenvalue weighted by atomic mass is 35.5. The Kier molecular flexibility index (Phi) is 3.27. The average Bonchev–Trinajstić information content (AvgIpc) is 2.39. The molecule has 1 aromatic carbocycles. The van der Waals surface area contributed by atoms with Gasteiger partial charge in [0.15, 0.2) is 5.78 Å². The van der Waals surface area contributed by atoms with Crippen LogP contribution in [0.4, 0.5) is 5.69 Å². The Labute approximate surface area is 118 Å². The van der Waals surface area contributed by atoms with Crippen molar-refractivity contribution >= 4 is 23.1 Å². The van der Waals surface area contributed by atoms with E-state index in [0.717, 1.165) is 25.7 Å². The summed E-state index contributed by atoms with van der Waals surface area (Å²) in [7, 11) is 0. The number of nitrogens with two attached hydrogens (primary N) is 1. The Morgan fingerprint density at radius 2 is 2.21 bits per heavy atom. The monoisotopic (exact) mass is 279 g/mol. The van der Waals surface area contributed by atoms with Crippen LogP contribution in [-0.2, 0) is 4.74 Å². The Hall–Kier alpha value is -1.06. The fourth-order valence-electron chi connectivity index (χ4n) is 3.10. The molecule has 4 heteroatoms. The summed E-state index contributed by atoms with van der Waals surface area (Å²) in [5, 5.41) is 0.499. The molecule has 1 saturated heterocycles. The van der Waals surface area contributed by atoms with E-state index in [9.17, 15) is 4.79 Å². The van der Waals surface area contributed by atoms with E-state index in [0.29, 0.717) is 22.9 Å². The van der Waals surface area contributed by atoms with Crippen molar-refractivity contribution in [2.24, 2.45) is 5.92 Å². The van der Waals surface area contributed by atoms with Crippen LogP contribution in [0.3, 0.4) is 0 Å². The zero-order valence-electron chi connectivity index (χ0n) is 10.8. The SMILES string of the molecule is Nc1cc(C(=O)C2CCOC3(CCC3)C2)ccc1Cl. The molecule has 1 heterocycles. The molecule has 0 radical (unpaired) electrons. The largest absolute Gasteiger partial charge is 0.398 e. The summed E-state index contributed by atoms with van der Waals surface area (Å²) in [4.78, 5) is 12.5. The summed E-state index contributed by atoms with van der Waals surface area (Å²) in [6.07, 6.45) is 5.07. The van der Waals surface area contributed by atoms with Gasteiger partial charge in [-0.3, -0.25) is 4.79 Å². The molecule has 2 fully saturated rings. The standard InChI is InChI=1S/C15H18ClNO2/c16-12-3-2-10(8-13(12)17)14(18)11-4-7-19-15(9-11)5-1-6-15/h2-3,8,11H,1,4-7,9,17H2. The third-order valence-electron chi connectivity index (χ3n) is 4.41. The number of ether oxygens (including phenoxy) is 1. The molecule has 102 valence electrons. The van der Waals surface area contributed by atoms with Crippen molar-refractivity contribution in [2.75, 3.05) is 12.3 Å². The normalized spacial score (nSPS) is 25.0. The number of hydrogen-bond donors (Lipinski definition) is 1. The molecule has 1 atom stereocenters. The fourth-order valence-corrected chi connectivity index (χ4v) is 3.22. The summed E-state index contributed by atoms with van der Waals surface area (Å²) in [5.41, 5.74) is 6.91. The number of rotatable bonds is 2. The fraction of sp³-hybridized carbons (Fsp3) is 0.533. The van der Waals surface area contributed by atoms with Gasteiger partial charge in [0.25, 0.3) is 0 Å². The van der Waals surface area contributed by atoms with Gasteiger partial charge in [-0.05, 0) is 50.3 Å². The molecule has 1 saturated carbocycles. The summed E-state index contributed by atoms with van der Waals surface area (Å²) < 4.78 is 5.86. The Balaban J connectivity index is 1.77. The van der Waals surface area contributed by atoms with E-state index >= 15 is 0 Å². The van der Waals surface area contributed by atoms with Crippen molar-refractivity contribution in [3.05, 3.63) is 28.8 Å². The van der Waals surface area contributed by atoms with Crippen LogP contribution >= 0.6 is 11.6 Å². The van der Waals surface area contributed by atoms with Gasteiger partial charge in [0.2, 0.25) is 0 Å². The van der Waals surface area contributed by atoms with E-state index in [-0.39, 0.29) is 17.3 Å². The number of benzene rings is 1. The van der Waals surface area contributed by atoms with Crippen LogP contribution in [0.25, 0.3) is 0 Å². The van der Waals surface area contributed by atoms with Crippen LogP contribution in [0, 0.1) is 5.92 Å². The Morgan fingerprint density at radius 1 is 1.42 bits per heavy atom. The number of halogens is 1. The number of ketones is 1. The van der Waals surface area contributed by atoms with Gasteiger partial charge in [-0.15, -0.1) is 0 Å². The quantitative estimate of drug-likeness (QED) is 0.666. The van der Waals surface area contributed by atoms with Gasteiger partial charge < -0.3 is 10.5 Å². The molecule has 3 rings (SSSR count). The van der Waals surface area contributed by atoms with Gasteiger partial charge in [-0.25, -0.2) is 0 Å². The zero-order valence-corrected chi connectivity index (χ0v) is 11.6. The number of hydrogen-bond acceptors (Lipinski definition) is 3. The number of nitrogen functional groups attached to an aromatic ring is 1. The molecular weight excluding hydrogens is 262 g/mol. The molecule has 1 aliphatic heterocycles. The van der Waals surface area contributed by atoms with E-state index < -0.39 is 0 Å². The van der Waals surface area contributed by atoms with Gasteiger partial charge in [0.1, 0.15) is 0 Å². The van der Waals surface area contributed by atoms with Crippen molar-refractivity contribution < 1.29 is 9.53 Å². The first kappa shape index (κ1) is 12.9. The summed E-state index contributed by atoms with van der Waals surface area (Å²) in [5.74, 6) is 0.243. The molecule has 19 heavy (non-hydrogen) atoms. The first-order chi connectivity index (χ1) is 9.10. The van der Waals surface area contributed by atoms with Crippen LogP contribution in [0.15, 0.2) is 18.2 Å². The molecule has 2 N–H and O–H groups in total. The van der Waals surface area contributed by atoms with E-state index in [1.807, 2.05) is 0 Å². The van der Waals surface area contributed by atoms with Crippen LogP contribution in [0.2, 0.25) is 5.02 Å². The van der Waals surface area contributed by atoms with Crippen molar-refractivity contribution in [3.63, 3.8) is 0 Å². The average molecular weight is 280 g/mol. The highest BCUT2D eigenvalue weighted by Crippen LogP contribution is 2.45. The van der Waals surface area contributed by atoms with Gasteiger partial charge >= 0.3 is 0 Å². The lowest BCUT2D eigenvalue weighted by molar-refractivity contribution is -0.137. The topological polar surface area (TPSA) is 52.3 Å². The smallest absolute Gasteiger partial charge is 0.166 e. The molecular formula is C15H18ClNO2. The maximum atomic E-state index is 12.5. The Morgan fingerprint density at radius 3 is 2.84 bits per heavy atom. The van der Waals surface area contributed by atoms with Crippen molar-refractivity contribution in [2.45, 2.75) is 37.7 Å². The lowest BCUT2D eigenvalue weighted by atomic mass is 9.70. The second-order valence-corrected chi connectivity index (χ2v) is 6.08. The van der Waals surface area contributed by atoms with Crippen molar-refractivity contribution in [1.82, 2.24) is 0 Å². The van der Waals surface area contributed by atoms with Crippen LogP contribution in [-0.4, -0.2) is 18.0 Å². The summed E-state index contributed by atoms with van der Waals surface area (Å²) in [6.45, 7) is 0.694. The number of anilines is 1. The summed E-state index contributed by atoms with van der Waals surface area (Å²) in [6, 6.07) is 5.15. The Bertz CT molecular complexity index is 511. The molecule has 1 unspecified atom stereocenters. The maximum Gasteiger partial charge on any atom is 0.166 e. The minimum atomic E-state index is -0.00343. The van der Waals surface area contributed by atoms with E-state index in [1.54, 1.807) is 18.2 Å². The molecule has 1 spiro atoms. The third-order valence-corrected chi connectivity index (χ3v) is 4.75. The van der Waals surface area contributed by atoms with E-state index in [2.05, 4.69) is 0 Å². The van der Waals surface area contributed by atoms with Gasteiger partial charge in [0, 0.05) is 18.1 Å². The van der Waals surface area contributed by atoms with E-state index in [4.69, 9.17) is 22.1 Å². The molecule has 3 nitrogen and oxygen atoms in total. The second kappa shape index (κ2) is 4.80. The molecule has 0 amide bonds. The minimum Gasteiger partial charge on any atom is -0.398 e. The number of carbonyl (C=O) groups excluding carboxylic acids is 1. The van der Waals surface area contributed by atoms with E-state index in [1.165, 1.54) is 6.42 Å². The van der Waals surface area contributed by atoms with Gasteiger partial charge in [0.05, 0.1) is 16.3 Å². The van der Waals surface area contributed by atoms with Crippen molar-refractivity contribution in [1.29, 1.82) is 0 Å². The highest BCUT2D eigenvalue weighted by Gasteiger charge is 2.44. The molecule has 2 aliphatic rings. The second-order valence-electron chi connectivity index (χ2n) is 5.68. The highest BCUT2D eigenvalue weighted by molar-refractivity contribution is 6.33. The molecule has 1 aromatic rings. The van der Waals surface area contributed by atoms with Crippen LogP contribution in [0.1, 0.15) is 42.5 Å². The van der Waals surface area contributed by atoms with Crippen molar-refractivity contribution in [3.8, 4) is 0 Å². The zero-order chi connectivity index (χ0) is 13.5. The molecule has 1 aliphatic carbocycles. The lowest BCUT2D eigenvalue weighted by Gasteiger charge is -2.46. The first-order valence-electron chi connectivity index (χ1n) is 6.83. The first-order valence-corrected chi connectivity index (χ1v) is 7.21. The minimum absolute atomic E-state index is 0.00343. The van der Waals surface area contributed by atoms with Crippen LogP contribution in [0.5, 0.6) is 0 Å². The predicted molar refractivity (Wildman–Crippen MR) is 75.5 cm³/mol. The molecule has 0 bridgehead atoms. The number of Topliss-reactive ketones (excluding diaryl/α,β-unsaturated/α-hetero) is 1. The third kappa shape index (κ3) is 2.37. The molecule has 0 aromatic heterocycles. The van der Waals surface area contributed by atoms with Gasteiger partial charge in [-0.2, -0.15) is 0 Å². The predicted octanol–water partition coefficient (Wildman–Crippen LogP) is 3.45. The summed E-state index contributed by atoms with van der Waals surface area (Å²) >= 11 is 5.89. The lowest BCUT2D eigenvalue weighted by Crippen LogP contribution is -2.47.